The molecule has 1 aromatic heterocycles. The minimum Gasteiger partial charge on any atom is -0.507 e. The molecule has 0 radical (unpaired) electrons. The van der Waals surface area contributed by atoms with E-state index in [0.29, 0.717) is 30.2 Å². The third-order valence-electron chi connectivity index (χ3n) is 4.58. The Hall–Kier alpha value is -3.61. The smallest absolute Gasteiger partial charge is 0.335 e. The Labute approximate surface area is 163 Å². The Kier molecular flexibility index (Phi) is 5.74. The zero-order valence-electron chi connectivity index (χ0n) is 15.5. The van der Waals surface area contributed by atoms with Gasteiger partial charge in [-0.3, -0.25) is 0 Å². The lowest BCUT2D eigenvalue weighted by Crippen LogP contribution is -2.27. The number of carboxylic acids is 1. The number of hydrogen-bond donors (Lipinski definition) is 3. The van der Waals surface area contributed by atoms with Gasteiger partial charge in [-0.1, -0.05) is 24.3 Å². The van der Waals surface area contributed by atoms with Gasteiger partial charge in [0.05, 0.1) is 16.9 Å². The van der Waals surface area contributed by atoms with Crippen molar-refractivity contribution in [2.45, 2.75) is 13.3 Å². The number of para-hydroxylation sites is 1. The van der Waals surface area contributed by atoms with Crippen LogP contribution in [-0.4, -0.2) is 39.5 Å². The number of hydrogen-bond acceptors (Lipinski definition) is 6. The van der Waals surface area contributed by atoms with E-state index >= 15 is 0 Å². The number of aromatic hydroxyl groups is 1. The van der Waals surface area contributed by atoms with Crippen LogP contribution in [0.3, 0.4) is 0 Å². The van der Waals surface area contributed by atoms with Gasteiger partial charge in [-0.2, -0.15) is 0 Å². The molecule has 3 aromatic rings. The quantitative estimate of drug-likeness (QED) is 0.579. The molecular weight excluding hydrogens is 356 g/mol. The second-order valence-electron chi connectivity index (χ2n) is 6.35. The number of likely N-dealkylation sites (N-methyl/N-ethyl adjacent to an activating group) is 1. The van der Waals surface area contributed by atoms with Crippen LogP contribution in [0.1, 0.15) is 22.8 Å². The maximum absolute atomic E-state index is 11.0. The Morgan fingerprint density at radius 1 is 1.11 bits per heavy atom. The fraction of sp³-hybridized carbons (Fsp3) is 0.190. The molecule has 2 aromatic carbocycles. The second-order valence-corrected chi connectivity index (χ2v) is 6.35. The summed E-state index contributed by atoms with van der Waals surface area (Å²) in [6.07, 6.45) is 0.724. The van der Waals surface area contributed by atoms with Crippen LogP contribution in [0.25, 0.3) is 11.3 Å². The molecule has 0 amide bonds. The monoisotopic (exact) mass is 378 g/mol. The number of aromatic nitrogens is 2. The van der Waals surface area contributed by atoms with Crippen molar-refractivity contribution in [1.29, 1.82) is 0 Å². The molecule has 0 saturated carbocycles. The molecule has 7 heteroatoms. The minimum absolute atomic E-state index is 0.133. The van der Waals surface area contributed by atoms with E-state index in [1.54, 1.807) is 30.3 Å². The van der Waals surface area contributed by atoms with E-state index in [-0.39, 0.29) is 11.3 Å². The maximum atomic E-state index is 11.0. The van der Waals surface area contributed by atoms with Gasteiger partial charge in [0.25, 0.3) is 0 Å². The zero-order valence-corrected chi connectivity index (χ0v) is 15.5. The average Bonchev–Trinajstić information content (AvgIpc) is 2.70. The summed E-state index contributed by atoms with van der Waals surface area (Å²) in [5.41, 5.74) is 9.25. The zero-order chi connectivity index (χ0) is 20.1. The Morgan fingerprint density at radius 3 is 2.46 bits per heavy atom. The largest absolute Gasteiger partial charge is 0.507 e. The van der Waals surface area contributed by atoms with Gasteiger partial charge < -0.3 is 20.8 Å². The van der Waals surface area contributed by atoms with Gasteiger partial charge >= 0.3 is 5.97 Å². The summed E-state index contributed by atoms with van der Waals surface area (Å²) >= 11 is 0. The maximum Gasteiger partial charge on any atom is 0.335 e. The molecule has 144 valence electrons. The predicted molar refractivity (Wildman–Crippen MR) is 109 cm³/mol. The molecule has 3 rings (SSSR count). The van der Waals surface area contributed by atoms with E-state index in [2.05, 4.69) is 15.1 Å². The van der Waals surface area contributed by atoms with Crippen molar-refractivity contribution in [2.24, 2.45) is 0 Å². The van der Waals surface area contributed by atoms with Crippen LogP contribution in [0, 0.1) is 0 Å². The fourth-order valence-electron chi connectivity index (χ4n) is 2.99. The van der Waals surface area contributed by atoms with Gasteiger partial charge in [0.15, 0.2) is 5.82 Å². The number of carbonyl (C=O) groups is 1. The number of anilines is 2. The molecule has 0 unspecified atom stereocenters. The number of nitrogen functional groups attached to an aromatic ring is 1. The third-order valence-corrected chi connectivity index (χ3v) is 4.58. The van der Waals surface area contributed by atoms with Crippen molar-refractivity contribution in [1.82, 2.24) is 10.2 Å². The lowest BCUT2D eigenvalue weighted by Gasteiger charge is -2.24. The van der Waals surface area contributed by atoms with Crippen LogP contribution in [0.2, 0.25) is 0 Å². The number of phenolic OH excluding ortho intramolecular Hbond substituents is 1. The molecule has 0 aliphatic carbocycles. The first kappa shape index (κ1) is 19.2. The summed E-state index contributed by atoms with van der Waals surface area (Å²) in [5.74, 6) is -0.481. The number of carboxylic acid groups (broad SMARTS) is 1. The molecule has 0 aliphatic heterocycles. The molecule has 0 fully saturated rings. The summed E-state index contributed by atoms with van der Waals surface area (Å²) < 4.78 is 0. The fourth-order valence-corrected chi connectivity index (χ4v) is 2.99. The van der Waals surface area contributed by atoms with E-state index in [0.717, 1.165) is 17.7 Å². The highest BCUT2D eigenvalue weighted by molar-refractivity contribution is 5.87. The van der Waals surface area contributed by atoms with Crippen LogP contribution in [-0.2, 0) is 6.42 Å². The van der Waals surface area contributed by atoms with E-state index < -0.39 is 5.97 Å². The molecule has 0 spiro atoms. The van der Waals surface area contributed by atoms with Crippen molar-refractivity contribution in [2.75, 3.05) is 23.7 Å². The number of nitrogens with zero attached hydrogens (tertiary/aromatic N) is 3. The van der Waals surface area contributed by atoms with Gasteiger partial charge in [0, 0.05) is 18.7 Å². The lowest BCUT2D eigenvalue weighted by molar-refractivity contribution is 0.0697. The summed E-state index contributed by atoms with van der Waals surface area (Å²) in [6.45, 7) is 3.41. The predicted octanol–water partition coefficient (Wildman–Crippen LogP) is 3.20. The first-order chi connectivity index (χ1) is 13.5. The summed E-state index contributed by atoms with van der Waals surface area (Å²) in [6, 6.07) is 15.6. The van der Waals surface area contributed by atoms with Gasteiger partial charge in [0.1, 0.15) is 5.75 Å². The molecule has 0 bridgehead atoms. The van der Waals surface area contributed by atoms with Crippen LogP contribution in [0.15, 0.2) is 54.6 Å². The van der Waals surface area contributed by atoms with Gasteiger partial charge in [-0.15, -0.1) is 10.2 Å². The SMILES string of the molecule is CCN(CCc1ccc(C(=O)O)cc1)c1cc(-c2ccccc2O)nnc1N. The van der Waals surface area contributed by atoms with Crippen molar-refractivity contribution in [3.63, 3.8) is 0 Å². The molecule has 0 aliphatic rings. The average molecular weight is 378 g/mol. The van der Waals surface area contributed by atoms with E-state index in [1.807, 2.05) is 31.2 Å². The van der Waals surface area contributed by atoms with Gasteiger partial charge in [0.2, 0.25) is 0 Å². The minimum atomic E-state index is -0.936. The second kappa shape index (κ2) is 8.39. The normalized spacial score (nSPS) is 10.6. The Balaban J connectivity index is 1.81. The van der Waals surface area contributed by atoms with Crippen LogP contribution in [0.5, 0.6) is 5.75 Å². The van der Waals surface area contributed by atoms with Crippen molar-refractivity contribution < 1.29 is 15.0 Å². The number of phenols is 1. The van der Waals surface area contributed by atoms with Crippen LogP contribution < -0.4 is 10.6 Å². The van der Waals surface area contributed by atoms with Crippen LogP contribution >= 0.6 is 0 Å². The molecule has 0 atom stereocenters. The highest BCUT2D eigenvalue weighted by atomic mass is 16.4. The Morgan fingerprint density at radius 2 is 1.82 bits per heavy atom. The van der Waals surface area contributed by atoms with Gasteiger partial charge in [-0.25, -0.2) is 4.79 Å². The standard InChI is InChI=1S/C21H22N4O3/c1-2-25(12-11-14-7-9-15(10-8-14)21(27)28)18-13-17(23-24-20(18)22)16-5-3-4-6-19(16)26/h3-10,13,26H,2,11-12H2,1H3,(H2,22,24)(H,27,28). The number of rotatable bonds is 7. The summed E-state index contributed by atoms with van der Waals surface area (Å²) in [4.78, 5) is 13.0. The summed E-state index contributed by atoms with van der Waals surface area (Å²) in [5, 5.41) is 27.3. The molecule has 0 saturated heterocycles. The molecule has 28 heavy (non-hydrogen) atoms. The van der Waals surface area contributed by atoms with E-state index in [9.17, 15) is 9.90 Å². The Bertz CT molecular complexity index is 974. The lowest BCUT2D eigenvalue weighted by atomic mass is 10.1. The first-order valence-corrected chi connectivity index (χ1v) is 8.98. The highest BCUT2D eigenvalue weighted by Gasteiger charge is 2.14. The summed E-state index contributed by atoms with van der Waals surface area (Å²) in [7, 11) is 0. The van der Waals surface area contributed by atoms with Crippen molar-refractivity contribution in [3.8, 4) is 17.0 Å². The van der Waals surface area contributed by atoms with E-state index in [4.69, 9.17) is 10.8 Å². The van der Waals surface area contributed by atoms with Gasteiger partial charge in [-0.05, 0) is 49.2 Å². The number of aromatic carboxylic acids is 1. The third kappa shape index (κ3) is 4.20. The molecule has 4 N–H and O–H groups in total. The van der Waals surface area contributed by atoms with Crippen LogP contribution in [0.4, 0.5) is 11.5 Å². The number of benzene rings is 2. The molecule has 7 nitrogen and oxygen atoms in total. The van der Waals surface area contributed by atoms with Crippen molar-refractivity contribution >= 4 is 17.5 Å². The number of nitrogens with two attached hydrogens (primary N) is 1. The van der Waals surface area contributed by atoms with E-state index in [1.165, 1.54) is 0 Å². The topological polar surface area (TPSA) is 113 Å². The van der Waals surface area contributed by atoms with Crippen molar-refractivity contribution in [3.05, 3.63) is 65.7 Å². The molecular formula is C21H22N4O3. The highest BCUT2D eigenvalue weighted by Crippen LogP contribution is 2.31. The first-order valence-electron chi connectivity index (χ1n) is 8.98. The molecule has 1 heterocycles.